The molecule has 5 rings (SSSR count). The lowest BCUT2D eigenvalue weighted by Gasteiger charge is -2.57. The molecule has 0 aromatic carbocycles. The first-order chi connectivity index (χ1) is 14.9. The van der Waals surface area contributed by atoms with Crippen molar-refractivity contribution in [3.8, 4) is 0 Å². The van der Waals surface area contributed by atoms with Gasteiger partial charge in [0.15, 0.2) is 0 Å². The fourth-order valence-corrected chi connectivity index (χ4v) is 7.07. The Balaban J connectivity index is 0.000000535. The molecular weight excluding hydrogens is 380 g/mol. The number of aliphatic hydroxyl groups is 1. The number of aliphatic hydroxyl groups excluding tert-OH is 1. The van der Waals surface area contributed by atoms with Gasteiger partial charge in [0.25, 0.3) is 0 Å². The maximum atomic E-state index is 10.4. The molecule has 3 nitrogen and oxygen atoms in total. The first kappa shape index (κ1) is 22.0. The number of pyridine rings is 1. The fourth-order valence-electron chi connectivity index (χ4n) is 7.07. The van der Waals surface area contributed by atoms with Gasteiger partial charge in [-0.3, -0.25) is 9.98 Å². The summed E-state index contributed by atoms with van der Waals surface area (Å²) in [5.41, 5.74) is 7.74. The van der Waals surface area contributed by atoms with Crippen LogP contribution in [0, 0.1) is 22.7 Å². The molecule has 2 fully saturated rings. The maximum absolute atomic E-state index is 10.4. The minimum Gasteiger partial charge on any atom is -0.389 e. The molecule has 31 heavy (non-hydrogen) atoms. The van der Waals surface area contributed by atoms with Gasteiger partial charge < -0.3 is 5.11 Å². The van der Waals surface area contributed by atoms with Crippen molar-refractivity contribution in [2.75, 3.05) is 0 Å². The van der Waals surface area contributed by atoms with Gasteiger partial charge in [-0.25, -0.2) is 0 Å². The van der Waals surface area contributed by atoms with Crippen LogP contribution in [0.25, 0.3) is 5.57 Å². The van der Waals surface area contributed by atoms with Crippen LogP contribution in [0.1, 0.15) is 64.9 Å². The summed E-state index contributed by atoms with van der Waals surface area (Å²) in [5.74, 6) is 1.41. The molecule has 0 bridgehead atoms. The van der Waals surface area contributed by atoms with Gasteiger partial charge in [-0.05, 0) is 92.2 Å². The molecule has 1 aromatic rings. The van der Waals surface area contributed by atoms with Gasteiger partial charge in [-0.15, -0.1) is 0 Å². The number of rotatable bonds is 2. The Morgan fingerprint density at radius 2 is 1.97 bits per heavy atom. The van der Waals surface area contributed by atoms with E-state index in [-0.39, 0.29) is 16.9 Å². The van der Waals surface area contributed by atoms with Crippen molar-refractivity contribution in [3.05, 3.63) is 71.7 Å². The van der Waals surface area contributed by atoms with E-state index >= 15 is 0 Å². The van der Waals surface area contributed by atoms with Crippen LogP contribution in [0.5, 0.6) is 0 Å². The summed E-state index contributed by atoms with van der Waals surface area (Å²) in [6.45, 7) is 13.5. The van der Waals surface area contributed by atoms with Crippen LogP contribution in [0.15, 0.2) is 71.2 Å². The van der Waals surface area contributed by atoms with Crippen molar-refractivity contribution < 1.29 is 5.11 Å². The first-order valence-corrected chi connectivity index (χ1v) is 11.6. The average molecular weight is 417 g/mol. The SMILES string of the molecule is C=CN=C.CC1=C2CCC3C4=CC=C(c5cccnc5)C4(C)CCC3C2(C)CCC1O. The predicted molar refractivity (Wildman–Crippen MR) is 130 cm³/mol. The highest BCUT2D eigenvalue weighted by Gasteiger charge is 2.55. The monoisotopic (exact) mass is 416 g/mol. The molecule has 1 heterocycles. The second-order valence-corrected chi connectivity index (χ2v) is 10.1. The van der Waals surface area contributed by atoms with Crippen molar-refractivity contribution >= 4 is 12.3 Å². The molecule has 5 atom stereocenters. The van der Waals surface area contributed by atoms with Crippen molar-refractivity contribution in [1.29, 1.82) is 0 Å². The zero-order valence-corrected chi connectivity index (χ0v) is 19.3. The molecule has 4 aliphatic carbocycles. The van der Waals surface area contributed by atoms with E-state index in [1.807, 2.05) is 12.4 Å². The van der Waals surface area contributed by atoms with Gasteiger partial charge in [-0.2, -0.15) is 0 Å². The third-order valence-electron chi connectivity index (χ3n) is 8.73. The Morgan fingerprint density at radius 1 is 1.19 bits per heavy atom. The zero-order chi connectivity index (χ0) is 22.2. The largest absolute Gasteiger partial charge is 0.389 e. The van der Waals surface area contributed by atoms with E-state index in [9.17, 15) is 5.11 Å². The standard InChI is InChI=1S/C25H31NO.C3H5N/c1-16-19-7-6-18-21-9-8-20(17-5-4-14-26-15-17)25(21,3)12-10-22(18)24(19,2)13-11-23(16)27;1-3-4-2/h4-5,8-9,14-15,18,22-23,27H,6-7,10-13H2,1-3H3;3H,1-2H2. The Kier molecular flexibility index (Phi) is 5.91. The second kappa shape index (κ2) is 8.35. The van der Waals surface area contributed by atoms with Crippen LogP contribution in [-0.2, 0) is 0 Å². The third-order valence-corrected chi connectivity index (χ3v) is 8.73. The lowest BCUT2D eigenvalue weighted by Crippen LogP contribution is -2.48. The summed E-state index contributed by atoms with van der Waals surface area (Å²) in [4.78, 5) is 7.62. The highest BCUT2D eigenvalue weighted by Crippen LogP contribution is 2.65. The van der Waals surface area contributed by atoms with Crippen LogP contribution in [-0.4, -0.2) is 22.9 Å². The van der Waals surface area contributed by atoms with E-state index < -0.39 is 0 Å². The quantitative estimate of drug-likeness (QED) is 0.439. The van der Waals surface area contributed by atoms with Crippen LogP contribution in [0.3, 0.4) is 0 Å². The molecule has 5 unspecified atom stereocenters. The molecule has 1 aromatic heterocycles. The van der Waals surface area contributed by atoms with E-state index in [4.69, 9.17) is 0 Å². The maximum Gasteiger partial charge on any atom is 0.0750 e. The molecule has 1 N–H and O–H groups in total. The second-order valence-electron chi connectivity index (χ2n) is 10.1. The molecule has 0 spiro atoms. The fraction of sp³-hybridized carbons (Fsp3) is 0.500. The van der Waals surface area contributed by atoms with Gasteiger partial charge in [-0.1, -0.05) is 49.8 Å². The summed E-state index contributed by atoms with van der Waals surface area (Å²) in [5, 5.41) is 10.4. The van der Waals surface area contributed by atoms with Gasteiger partial charge >= 0.3 is 0 Å². The van der Waals surface area contributed by atoms with Gasteiger partial charge in [0.1, 0.15) is 0 Å². The smallest absolute Gasteiger partial charge is 0.0750 e. The molecule has 0 radical (unpaired) electrons. The number of nitrogens with zero attached hydrogens (tertiary/aromatic N) is 2. The van der Waals surface area contributed by atoms with Crippen LogP contribution >= 0.6 is 0 Å². The summed E-state index contributed by atoms with van der Waals surface area (Å²) < 4.78 is 0. The highest BCUT2D eigenvalue weighted by molar-refractivity contribution is 5.78. The molecule has 0 aliphatic heterocycles. The van der Waals surface area contributed by atoms with Crippen LogP contribution in [0.2, 0.25) is 0 Å². The van der Waals surface area contributed by atoms with Crippen LogP contribution in [0.4, 0.5) is 0 Å². The van der Waals surface area contributed by atoms with Gasteiger partial charge in [0, 0.05) is 24.0 Å². The lowest BCUT2D eigenvalue weighted by molar-refractivity contribution is 0.0429. The Hall–Kier alpha value is -2.26. The number of aromatic nitrogens is 1. The number of hydrogen-bond donors (Lipinski definition) is 1. The summed E-state index contributed by atoms with van der Waals surface area (Å²) in [6.07, 6.45) is 16.9. The highest BCUT2D eigenvalue weighted by atomic mass is 16.3. The molecule has 0 saturated heterocycles. The summed E-state index contributed by atoms with van der Waals surface area (Å²) in [7, 11) is 0. The number of allylic oxidation sites excluding steroid dienone is 5. The van der Waals surface area contributed by atoms with Crippen LogP contribution < -0.4 is 0 Å². The number of hydrogen-bond acceptors (Lipinski definition) is 3. The first-order valence-electron chi connectivity index (χ1n) is 11.6. The summed E-state index contributed by atoms with van der Waals surface area (Å²) >= 11 is 0. The minimum absolute atomic E-state index is 0.172. The summed E-state index contributed by atoms with van der Waals surface area (Å²) in [6, 6.07) is 4.26. The molecular formula is C28H36N2O. The Labute approximate surface area is 187 Å². The Bertz CT molecular complexity index is 950. The number of fused-ring (bicyclic) bond motifs is 5. The van der Waals surface area contributed by atoms with Crippen molar-refractivity contribution in [2.24, 2.45) is 27.7 Å². The Morgan fingerprint density at radius 3 is 2.65 bits per heavy atom. The van der Waals surface area contributed by atoms with E-state index in [0.29, 0.717) is 5.92 Å². The van der Waals surface area contributed by atoms with Gasteiger partial charge in [0.2, 0.25) is 0 Å². The van der Waals surface area contributed by atoms with Gasteiger partial charge in [0.05, 0.1) is 6.10 Å². The van der Waals surface area contributed by atoms with E-state index in [2.05, 4.69) is 68.3 Å². The van der Waals surface area contributed by atoms with E-state index in [1.54, 1.807) is 11.1 Å². The van der Waals surface area contributed by atoms with Crippen molar-refractivity contribution in [2.45, 2.75) is 65.4 Å². The van der Waals surface area contributed by atoms with Crippen molar-refractivity contribution in [3.63, 3.8) is 0 Å². The molecule has 0 amide bonds. The van der Waals surface area contributed by atoms with E-state index in [0.717, 1.165) is 25.2 Å². The molecule has 2 saturated carbocycles. The predicted octanol–water partition coefficient (Wildman–Crippen LogP) is 6.54. The minimum atomic E-state index is -0.206. The molecule has 4 aliphatic rings. The lowest BCUT2D eigenvalue weighted by atomic mass is 9.47. The number of aliphatic imine (C=N–C) groups is 1. The normalized spacial score (nSPS) is 36.1. The zero-order valence-electron chi connectivity index (χ0n) is 19.3. The molecule has 164 valence electrons. The molecule has 3 heteroatoms. The van der Waals surface area contributed by atoms with E-state index in [1.165, 1.54) is 42.2 Å². The van der Waals surface area contributed by atoms with Crippen molar-refractivity contribution in [1.82, 2.24) is 4.98 Å². The average Bonchev–Trinajstić information content (AvgIpc) is 3.14. The topological polar surface area (TPSA) is 45.5 Å². The third kappa shape index (κ3) is 3.47.